The van der Waals surface area contributed by atoms with Gasteiger partial charge in [0, 0.05) is 0 Å². The molecule has 3 aromatic heterocycles. The predicted octanol–water partition coefficient (Wildman–Crippen LogP) is 4.37. The molecule has 1 aliphatic heterocycles. The van der Waals surface area contributed by atoms with Gasteiger partial charge in [0.2, 0.25) is 0 Å². The van der Waals surface area contributed by atoms with Crippen molar-refractivity contribution in [3.8, 4) is 0 Å². The van der Waals surface area contributed by atoms with Crippen LogP contribution in [0.15, 0.2) is 37.1 Å². The molecule has 4 heterocycles. The quantitative estimate of drug-likeness (QED) is 0.490. The molecule has 0 amide bonds. The number of thiazole rings is 1. The topological polar surface area (TPSA) is 69.0 Å². The number of fused-ring (bicyclic) bond motifs is 3. The Morgan fingerprint density at radius 3 is 3.00 bits per heavy atom. The molecule has 0 spiro atoms. The average Bonchev–Trinajstić information content (AvgIpc) is 3.40. The highest BCUT2D eigenvalue weighted by atomic mass is 32.1. The van der Waals surface area contributed by atoms with Crippen molar-refractivity contribution >= 4 is 37.8 Å². The van der Waals surface area contributed by atoms with E-state index in [9.17, 15) is 0 Å². The lowest BCUT2D eigenvalue weighted by atomic mass is 9.92. The fraction of sp³-hybridized carbons (Fsp3) is 0.455. The highest BCUT2D eigenvalue weighted by Crippen LogP contribution is 2.44. The summed E-state index contributed by atoms with van der Waals surface area (Å²) < 4.78 is 9.69. The van der Waals surface area contributed by atoms with E-state index < -0.39 is 0 Å². The average molecular weight is 421 g/mol. The third-order valence-corrected chi connectivity index (χ3v) is 7.32. The normalized spacial score (nSPS) is 23.3. The van der Waals surface area contributed by atoms with Gasteiger partial charge >= 0.3 is 0 Å². The van der Waals surface area contributed by atoms with Crippen LogP contribution in [0.5, 0.6) is 0 Å². The first-order valence-corrected chi connectivity index (χ1v) is 11.4. The molecule has 0 radical (unpaired) electrons. The maximum Gasteiger partial charge on any atom is 0.189 e. The lowest BCUT2D eigenvalue weighted by Gasteiger charge is -2.34. The van der Waals surface area contributed by atoms with Crippen molar-refractivity contribution in [2.24, 2.45) is 0 Å². The lowest BCUT2D eigenvalue weighted by Crippen LogP contribution is -2.45. The van der Waals surface area contributed by atoms with E-state index in [2.05, 4.69) is 56.5 Å². The Kier molecular flexibility index (Phi) is 4.08. The molecule has 1 aliphatic carbocycles. The van der Waals surface area contributed by atoms with E-state index in [-0.39, 0.29) is 5.72 Å². The Hall–Kier alpha value is -2.58. The molecular weight excluding hydrogens is 396 g/mol. The van der Waals surface area contributed by atoms with E-state index in [0.29, 0.717) is 12.1 Å². The van der Waals surface area contributed by atoms with E-state index in [1.54, 1.807) is 23.9 Å². The molecule has 2 fully saturated rings. The number of hydrogen-bond acceptors (Lipinski definition) is 7. The largest absolute Gasteiger partial charge is 0.351 e. The number of imidazole rings is 1. The molecule has 2 atom stereocenters. The summed E-state index contributed by atoms with van der Waals surface area (Å²) >= 11 is 1.77. The van der Waals surface area contributed by atoms with Gasteiger partial charge in [-0.15, -0.1) is 0 Å². The van der Waals surface area contributed by atoms with Crippen molar-refractivity contribution in [3.63, 3.8) is 0 Å². The minimum Gasteiger partial charge on any atom is -0.351 e. The highest BCUT2D eigenvalue weighted by Gasteiger charge is 2.49. The van der Waals surface area contributed by atoms with Crippen molar-refractivity contribution in [1.29, 1.82) is 0 Å². The van der Waals surface area contributed by atoms with E-state index in [0.717, 1.165) is 34.8 Å². The zero-order valence-corrected chi connectivity index (χ0v) is 18.0. The minimum atomic E-state index is -0.314. The van der Waals surface area contributed by atoms with Crippen molar-refractivity contribution < 1.29 is 4.74 Å². The van der Waals surface area contributed by atoms with Gasteiger partial charge in [-0.05, 0) is 44.4 Å². The monoisotopic (exact) mass is 420 g/mol. The van der Waals surface area contributed by atoms with Crippen LogP contribution in [0.1, 0.15) is 45.1 Å². The number of anilines is 1. The SMILES string of the molecule is CC1(C)OC2CCCCC2N1c1nc2ccc(Cn3cnc4cncnc43)cc2s1. The number of nitrogens with zero attached hydrogens (tertiary/aromatic N) is 6. The smallest absolute Gasteiger partial charge is 0.189 e. The van der Waals surface area contributed by atoms with Crippen LogP contribution in [0.25, 0.3) is 21.4 Å². The van der Waals surface area contributed by atoms with E-state index in [4.69, 9.17) is 9.72 Å². The molecular formula is C22H24N6OS. The van der Waals surface area contributed by atoms with Crippen LogP contribution in [-0.2, 0) is 11.3 Å². The second-order valence-corrected chi connectivity index (χ2v) is 9.74. The van der Waals surface area contributed by atoms with Crippen LogP contribution in [0.3, 0.4) is 0 Å². The Morgan fingerprint density at radius 1 is 1.17 bits per heavy atom. The summed E-state index contributed by atoms with van der Waals surface area (Å²) in [5.41, 5.74) is 3.62. The molecule has 8 heteroatoms. The number of hydrogen-bond donors (Lipinski definition) is 0. The minimum absolute atomic E-state index is 0.314. The molecule has 4 aromatic rings. The highest BCUT2D eigenvalue weighted by molar-refractivity contribution is 7.22. The van der Waals surface area contributed by atoms with Gasteiger partial charge in [0.25, 0.3) is 0 Å². The zero-order chi connectivity index (χ0) is 20.3. The molecule has 154 valence electrons. The lowest BCUT2D eigenvalue weighted by molar-refractivity contribution is -0.0243. The van der Waals surface area contributed by atoms with Crippen LogP contribution in [0, 0.1) is 0 Å². The molecule has 6 rings (SSSR count). The van der Waals surface area contributed by atoms with Gasteiger partial charge < -0.3 is 14.2 Å². The fourth-order valence-electron chi connectivity index (χ4n) is 4.99. The van der Waals surface area contributed by atoms with Crippen LogP contribution >= 0.6 is 11.3 Å². The first kappa shape index (κ1) is 18.2. The van der Waals surface area contributed by atoms with Crippen LogP contribution in [-0.4, -0.2) is 42.4 Å². The fourth-order valence-corrected chi connectivity index (χ4v) is 6.22. The predicted molar refractivity (Wildman–Crippen MR) is 118 cm³/mol. The summed E-state index contributed by atoms with van der Waals surface area (Å²) in [5, 5.41) is 1.07. The maximum absolute atomic E-state index is 6.42. The standard InChI is InChI=1S/C22H24N6OS/c1-22(2)28(17-5-3-4-6-18(17)29-22)21-26-15-8-7-14(9-19(15)30-21)11-27-13-25-16-10-23-12-24-20(16)27/h7-10,12-13,17-18H,3-6,11H2,1-2H3. The summed E-state index contributed by atoms with van der Waals surface area (Å²) in [6.45, 7) is 5.07. The number of benzene rings is 1. The first-order valence-electron chi connectivity index (χ1n) is 10.6. The summed E-state index contributed by atoms with van der Waals surface area (Å²) in [7, 11) is 0. The molecule has 2 aliphatic rings. The zero-order valence-electron chi connectivity index (χ0n) is 17.2. The molecule has 1 aromatic carbocycles. The van der Waals surface area contributed by atoms with Crippen LogP contribution in [0.2, 0.25) is 0 Å². The van der Waals surface area contributed by atoms with Crippen molar-refractivity contribution in [2.45, 2.75) is 63.9 Å². The number of ether oxygens (including phenoxy) is 1. The van der Waals surface area contributed by atoms with Gasteiger partial charge in [-0.3, -0.25) is 0 Å². The summed E-state index contributed by atoms with van der Waals surface area (Å²) in [6.07, 6.45) is 10.3. The summed E-state index contributed by atoms with van der Waals surface area (Å²) in [6, 6.07) is 6.95. The van der Waals surface area contributed by atoms with E-state index in [1.165, 1.54) is 29.5 Å². The molecule has 30 heavy (non-hydrogen) atoms. The van der Waals surface area contributed by atoms with Gasteiger partial charge in [0.15, 0.2) is 10.8 Å². The Bertz CT molecular complexity index is 1230. The molecule has 1 saturated carbocycles. The maximum atomic E-state index is 6.42. The molecule has 7 nitrogen and oxygen atoms in total. The van der Waals surface area contributed by atoms with Gasteiger partial charge in [-0.1, -0.05) is 30.2 Å². The van der Waals surface area contributed by atoms with Gasteiger partial charge in [-0.25, -0.2) is 19.9 Å². The third kappa shape index (κ3) is 2.89. The Labute approximate surface area is 178 Å². The molecule has 0 bridgehead atoms. The molecule has 0 N–H and O–H groups in total. The van der Waals surface area contributed by atoms with Gasteiger partial charge in [-0.2, -0.15) is 0 Å². The third-order valence-electron chi connectivity index (χ3n) is 6.30. The van der Waals surface area contributed by atoms with Crippen molar-refractivity contribution in [3.05, 3.63) is 42.6 Å². The van der Waals surface area contributed by atoms with Gasteiger partial charge in [0.1, 0.15) is 17.6 Å². The summed E-state index contributed by atoms with van der Waals surface area (Å²) in [5.74, 6) is 0. The van der Waals surface area contributed by atoms with Crippen LogP contribution < -0.4 is 4.90 Å². The molecule has 2 unspecified atom stereocenters. The first-order chi connectivity index (χ1) is 14.6. The summed E-state index contributed by atoms with van der Waals surface area (Å²) in [4.78, 5) is 20.2. The Morgan fingerprint density at radius 2 is 2.07 bits per heavy atom. The van der Waals surface area contributed by atoms with E-state index >= 15 is 0 Å². The second kappa shape index (κ2) is 6.72. The van der Waals surface area contributed by atoms with Gasteiger partial charge in [0.05, 0.1) is 41.4 Å². The number of rotatable bonds is 3. The van der Waals surface area contributed by atoms with Crippen molar-refractivity contribution in [2.75, 3.05) is 4.90 Å². The Balaban J connectivity index is 1.34. The molecule has 1 saturated heterocycles. The second-order valence-electron chi connectivity index (χ2n) is 8.73. The van der Waals surface area contributed by atoms with Crippen LogP contribution in [0.4, 0.5) is 5.13 Å². The van der Waals surface area contributed by atoms with Crippen molar-refractivity contribution in [1.82, 2.24) is 24.5 Å². The van der Waals surface area contributed by atoms with E-state index in [1.807, 2.05) is 6.33 Å². The number of aromatic nitrogens is 5.